The van der Waals surface area contributed by atoms with E-state index in [0.29, 0.717) is 17.1 Å². The van der Waals surface area contributed by atoms with Gasteiger partial charge in [-0.3, -0.25) is 0 Å². The van der Waals surface area contributed by atoms with Gasteiger partial charge in [0.1, 0.15) is 22.7 Å². The maximum atomic E-state index is 13.2. The van der Waals surface area contributed by atoms with Gasteiger partial charge in [-0.05, 0) is 42.0 Å². The number of aromatic hydroxyl groups is 2. The first-order valence-electron chi connectivity index (χ1n) is 10.4. The minimum Gasteiger partial charge on any atom is -0.507 e. The van der Waals surface area contributed by atoms with Gasteiger partial charge in [-0.1, -0.05) is 30.3 Å². The molecule has 0 saturated carbocycles. The van der Waals surface area contributed by atoms with Crippen molar-refractivity contribution in [2.45, 2.75) is 5.92 Å². The lowest BCUT2D eigenvalue weighted by Crippen LogP contribution is -2.21. The van der Waals surface area contributed by atoms with Crippen LogP contribution in [-0.4, -0.2) is 17.0 Å². The van der Waals surface area contributed by atoms with Gasteiger partial charge in [-0.2, -0.15) is 0 Å². The summed E-state index contributed by atoms with van der Waals surface area (Å²) >= 11 is 0. The van der Waals surface area contributed by atoms with Crippen molar-refractivity contribution in [3.05, 3.63) is 104 Å². The standard InChI is InChI=1S/C26H16O8/c27-23-14-5-1-3-7-16(14)33-25(29)21(23)20(13-9-10-18-19(11-13)32-12-31-18)22-24(28)15-6-2-4-8-17(15)34-26(22)30/h1-11,20,27-28H,12H2. The van der Waals surface area contributed by atoms with Crippen LogP contribution in [-0.2, 0) is 0 Å². The molecule has 8 nitrogen and oxygen atoms in total. The van der Waals surface area contributed by atoms with Crippen molar-refractivity contribution in [2.75, 3.05) is 6.79 Å². The van der Waals surface area contributed by atoms with E-state index in [1.54, 1.807) is 66.7 Å². The summed E-state index contributed by atoms with van der Waals surface area (Å²) in [6.45, 7) is 0.0240. The molecule has 0 spiro atoms. The molecule has 5 aromatic rings. The predicted octanol–water partition coefficient (Wildman–Crippen LogP) is 4.22. The van der Waals surface area contributed by atoms with Crippen LogP contribution in [0.5, 0.6) is 23.0 Å². The van der Waals surface area contributed by atoms with Crippen molar-refractivity contribution >= 4 is 21.9 Å². The van der Waals surface area contributed by atoms with Gasteiger partial charge in [0.05, 0.1) is 27.8 Å². The van der Waals surface area contributed by atoms with E-state index in [9.17, 15) is 19.8 Å². The fourth-order valence-electron chi connectivity index (χ4n) is 4.38. The number of ether oxygens (including phenoxy) is 2. The summed E-state index contributed by atoms with van der Waals surface area (Å²) in [4.78, 5) is 26.3. The van der Waals surface area contributed by atoms with E-state index >= 15 is 0 Å². The van der Waals surface area contributed by atoms with Crippen molar-refractivity contribution in [3.63, 3.8) is 0 Å². The Labute approximate surface area is 190 Å². The maximum absolute atomic E-state index is 13.2. The quantitative estimate of drug-likeness (QED) is 0.387. The molecule has 8 heteroatoms. The van der Waals surface area contributed by atoms with Gasteiger partial charge in [0.15, 0.2) is 11.5 Å². The molecule has 1 aliphatic heterocycles. The highest BCUT2D eigenvalue weighted by Gasteiger charge is 2.33. The Bertz CT molecular complexity index is 1610. The molecule has 0 fully saturated rings. The smallest absolute Gasteiger partial charge is 0.344 e. The van der Waals surface area contributed by atoms with E-state index < -0.39 is 17.2 Å². The third kappa shape index (κ3) is 2.92. The first kappa shape index (κ1) is 19.9. The molecule has 0 bridgehead atoms. The monoisotopic (exact) mass is 456 g/mol. The van der Waals surface area contributed by atoms with Crippen molar-refractivity contribution in [3.8, 4) is 23.0 Å². The summed E-state index contributed by atoms with van der Waals surface area (Å²) in [6.07, 6.45) is 0. The number of fused-ring (bicyclic) bond motifs is 3. The third-order valence-electron chi connectivity index (χ3n) is 5.95. The second kappa shape index (κ2) is 7.41. The fourth-order valence-corrected chi connectivity index (χ4v) is 4.38. The van der Waals surface area contributed by atoms with Crippen LogP contribution in [0, 0.1) is 0 Å². The van der Waals surface area contributed by atoms with Crippen molar-refractivity contribution in [2.24, 2.45) is 0 Å². The molecule has 3 aromatic carbocycles. The van der Waals surface area contributed by atoms with Crippen LogP contribution in [0.15, 0.2) is 85.2 Å². The molecule has 2 aromatic heterocycles. The van der Waals surface area contributed by atoms with E-state index in [1.807, 2.05) is 0 Å². The summed E-state index contributed by atoms with van der Waals surface area (Å²) in [6, 6.07) is 17.8. The van der Waals surface area contributed by atoms with E-state index in [2.05, 4.69) is 0 Å². The number of benzene rings is 3. The van der Waals surface area contributed by atoms with Crippen LogP contribution >= 0.6 is 0 Å². The lowest BCUT2D eigenvalue weighted by atomic mass is 9.84. The lowest BCUT2D eigenvalue weighted by molar-refractivity contribution is 0.174. The second-order valence-electron chi connectivity index (χ2n) is 7.84. The zero-order chi connectivity index (χ0) is 23.4. The number of para-hydroxylation sites is 2. The van der Waals surface area contributed by atoms with Crippen molar-refractivity contribution in [1.82, 2.24) is 0 Å². The van der Waals surface area contributed by atoms with Crippen LogP contribution in [0.4, 0.5) is 0 Å². The molecule has 0 aliphatic carbocycles. The Hall–Kier alpha value is -4.72. The normalized spacial score (nSPS) is 12.6. The number of hydrogen-bond acceptors (Lipinski definition) is 8. The maximum Gasteiger partial charge on any atom is 0.344 e. The number of hydrogen-bond donors (Lipinski definition) is 2. The topological polar surface area (TPSA) is 119 Å². The minimum atomic E-state index is -1.23. The first-order valence-corrected chi connectivity index (χ1v) is 10.4. The fraction of sp³-hybridized carbons (Fsp3) is 0.0769. The Morgan fingerprint density at radius 1 is 0.676 bits per heavy atom. The highest BCUT2D eigenvalue weighted by atomic mass is 16.7. The number of rotatable bonds is 3. The summed E-state index contributed by atoms with van der Waals surface area (Å²) in [5.74, 6) is -1.05. The molecular formula is C26H16O8. The molecule has 0 atom stereocenters. The zero-order valence-electron chi connectivity index (χ0n) is 17.5. The van der Waals surface area contributed by atoms with Gasteiger partial charge in [-0.25, -0.2) is 9.59 Å². The molecule has 3 heterocycles. The second-order valence-corrected chi connectivity index (χ2v) is 7.84. The highest BCUT2D eigenvalue weighted by molar-refractivity contribution is 5.87. The van der Waals surface area contributed by atoms with Gasteiger partial charge in [0, 0.05) is 0 Å². The summed E-state index contributed by atoms with van der Waals surface area (Å²) in [5.41, 5.74) is -1.37. The van der Waals surface area contributed by atoms with Crippen LogP contribution in [0.25, 0.3) is 21.9 Å². The summed E-state index contributed by atoms with van der Waals surface area (Å²) in [5, 5.41) is 22.9. The Morgan fingerprint density at radius 2 is 1.21 bits per heavy atom. The van der Waals surface area contributed by atoms with Crippen LogP contribution in [0.2, 0.25) is 0 Å². The largest absolute Gasteiger partial charge is 0.507 e. The molecule has 168 valence electrons. The molecule has 0 saturated heterocycles. The van der Waals surface area contributed by atoms with Crippen molar-refractivity contribution < 1.29 is 28.5 Å². The summed E-state index contributed by atoms with van der Waals surface area (Å²) in [7, 11) is 0. The van der Waals surface area contributed by atoms with E-state index in [0.717, 1.165) is 0 Å². The Morgan fingerprint density at radius 3 is 1.79 bits per heavy atom. The van der Waals surface area contributed by atoms with Crippen LogP contribution in [0.3, 0.4) is 0 Å². The van der Waals surface area contributed by atoms with Gasteiger partial charge >= 0.3 is 11.3 Å². The summed E-state index contributed by atoms with van der Waals surface area (Å²) < 4.78 is 21.8. The molecule has 0 radical (unpaired) electrons. The molecule has 34 heavy (non-hydrogen) atoms. The van der Waals surface area contributed by atoms with E-state index in [-0.39, 0.29) is 51.4 Å². The molecule has 0 unspecified atom stereocenters. The molecule has 2 N–H and O–H groups in total. The Kier molecular flexibility index (Phi) is 4.35. The predicted molar refractivity (Wildman–Crippen MR) is 122 cm³/mol. The van der Waals surface area contributed by atoms with E-state index in [4.69, 9.17) is 18.3 Å². The van der Waals surface area contributed by atoms with E-state index in [1.165, 1.54) is 0 Å². The average molecular weight is 456 g/mol. The third-order valence-corrected chi connectivity index (χ3v) is 5.95. The molecule has 0 amide bonds. The van der Waals surface area contributed by atoms with Gasteiger partial charge in [0.2, 0.25) is 6.79 Å². The van der Waals surface area contributed by atoms with Gasteiger partial charge in [-0.15, -0.1) is 0 Å². The van der Waals surface area contributed by atoms with Gasteiger partial charge < -0.3 is 28.5 Å². The van der Waals surface area contributed by atoms with Crippen LogP contribution < -0.4 is 20.7 Å². The molecule has 1 aliphatic rings. The lowest BCUT2D eigenvalue weighted by Gasteiger charge is -2.20. The first-order chi connectivity index (χ1) is 16.5. The Balaban J connectivity index is 1.72. The zero-order valence-corrected chi connectivity index (χ0v) is 17.5. The van der Waals surface area contributed by atoms with Gasteiger partial charge in [0.25, 0.3) is 0 Å². The molecular weight excluding hydrogens is 440 g/mol. The SMILES string of the molecule is O=c1oc2ccccc2c(O)c1C(c1ccc2c(c1)OCO2)c1c(O)c2ccccc2oc1=O. The highest BCUT2D eigenvalue weighted by Crippen LogP contribution is 2.44. The average Bonchev–Trinajstić information content (AvgIpc) is 3.31. The minimum absolute atomic E-state index is 0.0240. The van der Waals surface area contributed by atoms with Crippen molar-refractivity contribution in [1.29, 1.82) is 0 Å². The van der Waals surface area contributed by atoms with Crippen LogP contribution in [0.1, 0.15) is 22.6 Å². The molecule has 6 rings (SSSR count).